The number of imidazole rings is 1. The zero-order valence-electron chi connectivity index (χ0n) is 36.4. The van der Waals surface area contributed by atoms with Gasteiger partial charge in [0, 0.05) is 37.0 Å². The highest BCUT2D eigenvalue weighted by molar-refractivity contribution is 6.06. The summed E-state index contributed by atoms with van der Waals surface area (Å²) in [4.78, 5) is 83.0. The molecule has 63 heavy (non-hydrogen) atoms. The van der Waals surface area contributed by atoms with Crippen LogP contribution in [0.1, 0.15) is 77.2 Å². The number of hydrogen-bond donors (Lipinski definition) is 3. The Balaban J connectivity index is 0.940. The van der Waals surface area contributed by atoms with Gasteiger partial charge in [-0.15, -0.1) is 0 Å². The molecule has 5 aliphatic rings. The van der Waals surface area contributed by atoms with Crippen molar-refractivity contribution >= 4 is 57.2 Å². The summed E-state index contributed by atoms with van der Waals surface area (Å²) in [5, 5.41) is 6.30. The zero-order valence-corrected chi connectivity index (χ0v) is 36.4. The first kappa shape index (κ1) is 41.8. The number of ether oxygens (including phenoxy) is 2. The minimum atomic E-state index is -0.771. The largest absolute Gasteiger partial charge is 0.456 e. The van der Waals surface area contributed by atoms with Crippen LogP contribution in [0.4, 0.5) is 9.59 Å². The number of carbonyl (C=O) groups excluding carboxylic acids is 4. The summed E-state index contributed by atoms with van der Waals surface area (Å²) in [6.45, 7) is 8.53. The second-order valence-electron chi connectivity index (χ2n) is 18.1. The minimum absolute atomic E-state index is 0.151. The van der Waals surface area contributed by atoms with Gasteiger partial charge in [0.15, 0.2) is 0 Å². The highest BCUT2D eigenvalue weighted by atomic mass is 16.5. The first-order valence-electron chi connectivity index (χ1n) is 21.8. The second kappa shape index (κ2) is 16.6. The van der Waals surface area contributed by atoms with E-state index in [0.717, 1.165) is 48.1 Å². The van der Waals surface area contributed by atoms with Crippen molar-refractivity contribution < 1.29 is 33.1 Å². The van der Waals surface area contributed by atoms with Crippen LogP contribution in [-0.4, -0.2) is 94.9 Å². The number of aromatic nitrogens is 2. The van der Waals surface area contributed by atoms with E-state index in [1.165, 1.54) is 25.4 Å². The van der Waals surface area contributed by atoms with Crippen LogP contribution in [-0.2, 0) is 19.1 Å². The van der Waals surface area contributed by atoms with Crippen molar-refractivity contribution in [2.24, 2.45) is 28.7 Å². The average Bonchev–Trinajstić information content (AvgIpc) is 4.06. The second-order valence-corrected chi connectivity index (χ2v) is 18.1. The van der Waals surface area contributed by atoms with E-state index in [9.17, 15) is 24.0 Å². The molecule has 328 valence electrons. The van der Waals surface area contributed by atoms with Crippen LogP contribution in [0.5, 0.6) is 0 Å². The number of allylic oxidation sites excluding steroid dienone is 1. The van der Waals surface area contributed by atoms with Crippen LogP contribution in [0.3, 0.4) is 0 Å². The number of hydrogen-bond acceptors (Lipinski definition) is 10. The first-order valence-corrected chi connectivity index (χ1v) is 21.8. The van der Waals surface area contributed by atoms with Crippen molar-refractivity contribution in [3.8, 4) is 11.3 Å². The van der Waals surface area contributed by atoms with E-state index in [4.69, 9.17) is 23.9 Å². The monoisotopic (exact) mass is 855 g/mol. The lowest BCUT2D eigenvalue weighted by Crippen LogP contribution is -2.54. The van der Waals surface area contributed by atoms with Crippen molar-refractivity contribution in [2.75, 3.05) is 27.3 Å². The molecule has 0 bridgehead atoms. The lowest BCUT2D eigenvalue weighted by molar-refractivity contribution is -0.135. The Labute approximate surface area is 364 Å². The number of nitrogens with zero attached hydrogens (tertiary/aromatic N) is 4. The van der Waals surface area contributed by atoms with Gasteiger partial charge in [-0.25, -0.2) is 14.6 Å². The van der Waals surface area contributed by atoms with E-state index in [2.05, 4.69) is 27.8 Å². The lowest BCUT2D eigenvalue weighted by Gasteiger charge is -2.31. The molecule has 15 nitrogen and oxygen atoms in total. The number of aromatic amines is 1. The third kappa shape index (κ3) is 8.16. The first-order chi connectivity index (χ1) is 30.3. The third-order valence-corrected chi connectivity index (χ3v) is 13.0. The maximum absolute atomic E-state index is 14.1. The van der Waals surface area contributed by atoms with Gasteiger partial charge in [-0.2, -0.15) is 0 Å². The molecule has 2 saturated carbocycles. The number of aliphatic imine (C=N–C) groups is 1. The standard InChI is InChI=1S/C48H53N7O8/c1-24(2)41(52-47(59)61-5)45(57)54-22-31(26-7-8-26)17-37(54)35-16-30(20-49-35)28-11-13-33-40(19-28)63-39-14-12-29(15-34(39)43(33)56)36-21-50-44(51-36)38-18-32(27-9-10-27)23-55(38)46(58)42(25(3)4)53-48(60)62-6/h11-15,17-21,24-27,37-38,41-42H,7-10,16,22-23H2,1-6H3,(H,50,51)(H,52,59)(H,53,60)/t37-,38-,41-,42-/m0/s1. The zero-order chi connectivity index (χ0) is 44.3. The maximum Gasteiger partial charge on any atom is 0.407 e. The predicted molar refractivity (Wildman–Crippen MR) is 238 cm³/mol. The highest BCUT2D eigenvalue weighted by Gasteiger charge is 2.43. The molecular weight excluding hydrogens is 803 g/mol. The van der Waals surface area contributed by atoms with Gasteiger partial charge in [-0.05, 0) is 102 Å². The molecule has 0 spiro atoms. The van der Waals surface area contributed by atoms with Gasteiger partial charge in [-0.3, -0.25) is 19.4 Å². The number of amides is 4. The normalized spacial score (nSPS) is 20.8. The summed E-state index contributed by atoms with van der Waals surface area (Å²) >= 11 is 0. The van der Waals surface area contributed by atoms with Crippen LogP contribution >= 0.6 is 0 Å². The molecular formula is C48H53N7O8. The molecule has 9 rings (SSSR count). The van der Waals surface area contributed by atoms with Gasteiger partial charge in [0.1, 0.15) is 35.1 Å². The number of carbonyl (C=O) groups is 4. The predicted octanol–water partition coefficient (Wildman–Crippen LogP) is 7.05. The molecule has 0 unspecified atom stereocenters. The summed E-state index contributed by atoms with van der Waals surface area (Å²) in [6, 6.07) is 8.71. The summed E-state index contributed by atoms with van der Waals surface area (Å²) in [5.41, 5.74) is 7.20. The van der Waals surface area contributed by atoms with E-state index in [0.29, 0.717) is 64.8 Å². The molecule has 4 amide bonds. The van der Waals surface area contributed by atoms with Crippen LogP contribution < -0.4 is 16.1 Å². The fourth-order valence-electron chi connectivity index (χ4n) is 9.07. The van der Waals surface area contributed by atoms with Gasteiger partial charge in [0.2, 0.25) is 17.2 Å². The van der Waals surface area contributed by atoms with Gasteiger partial charge in [0.05, 0.1) is 42.9 Å². The van der Waals surface area contributed by atoms with E-state index in [1.807, 2.05) is 57.0 Å². The van der Waals surface area contributed by atoms with Crippen molar-refractivity contribution in [3.63, 3.8) is 0 Å². The number of alkyl carbamates (subject to hydrolysis) is 2. The summed E-state index contributed by atoms with van der Waals surface area (Å²) < 4.78 is 16.0. The molecule has 2 aliphatic carbocycles. The summed E-state index contributed by atoms with van der Waals surface area (Å²) in [6.07, 6.45) is 11.4. The van der Waals surface area contributed by atoms with Crippen molar-refractivity contribution in [1.29, 1.82) is 0 Å². The summed E-state index contributed by atoms with van der Waals surface area (Å²) in [5.74, 6) is 0.796. The molecule has 0 saturated heterocycles. The molecule has 2 aromatic carbocycles. The Morgan fingerprint density at radius 1 is 0.762 bits per heavy atom. The van der Waals surface area contributed by atoms with Crippen LogP contribution in [0.15, 0.2) is 86.3 Å². The average molecular weight is 856 g/mol. The van der Waals surface area contributed by atoms with Gasteiger partial charge in [-0.1, -0.05) is 45.9 Å². The number of H-pyrrole nitrogens is 1. The lowest BCUT2D eigenvalue weighted by atomic mass is 9.97. The number of methoxy groups -OCH3 is 2. The number of fused-ring (bicyclic) bond motifs is 2. The molecule has 2 aromatic heterocycles. The topological polar surface area (TPSA) is 189 Å². The summed E-state index contributed by atoms with van der Waals surface area (Å²) in [7, 11) is 2.56. The Morgan fingerprint density at radius 2 is 1.35 bits per heavy atom. The van der Waals surface area contributed by atoms with Crippen molar-refractivity contribution in [3.05, 3.63) is 93.7 Å². The molecule has 2 fully saturated rings. The smallest absolute Gasteiger partial charge is 0.407 e. The highest BCUT2D eigenvalue weighted by Crippen LogP contribution is 2.44. The Kier molecular flexibility index (Phi) is 11.1. The van der Waals surface area contributed by atoms with Crippen LogP contribution in [0, 0.1) is 23.7 Å². The fraction of sp³-hybridized carbons (Fsp3) is 0.438. The SMILES string of the molecule is COC(=O)N[C@H](C(=O)N1CC(C2CC2)=C[C@H]1C1=NC=C(c2ccc3c(=O)c4cc(-c5cnc([C@@H]6C=C(C7CC7)CN6C(=O)[C@@H](NC(=O)OC)C(C)C)[nH]5)ccc4oc3c2)C1)C(C)C. The van der Waals surface area contributed by atoms with Crippen LogP contribution in [0.25, 0.3) is 38.8 Å². The molecule has 3 aliphatic heterocycles. The van der Waals surface area contributed by atoms with E-state index < -0.39 is 30.3 Å². The van der Waals surface area contributed by atoms with Gasteiger partial charge in [0.25, 0.3) is 0 Å². The van der Waals surface area contributed by atoms with E-state index >= 15 is 0 Å². The Morgan fingerprint density at radius 3 is 1.94 bits per heavy atom. The van der Waals surface area contributed by atoms with E-state index in [1.54, 1.807) is 29.3 Å². The number of rotatable bonds is 12. The van der Waals surface area contributed by atoms with Crippen LogP contribution in [0.2, 0.25) is 0 Å². The fourth-order valence-corrected chi connectivity index (χ4v) is 9.07. The maximum atomic E-state index is 14.1. The molecule has 5 heterocycles. The molecule has 4 aromatic rings. The van der Waals surface area contributed by atoms with Crippen molar-refractivity contribution in [1.82, 2.24) is 30.4 Å². The molecule has 3 N–H and O–H groups in total. The number of benzene rings is 2. The van der Waals surface area contributed by atoms with Gasteiger partial charge >= 0.3 is 12.2 Å². The van der Waals surface area contributed by atoms with Gasteiger partial charge < -0.3 is 39.3 Å². The minimum Gasteiger partial charge on any atom is -0.456 e. The van der Waals surface area contributed by atoms with Crippen molar-refractivity contribution in [2.45, 2.75) is 84.0 Å². The number of nitrogens with one attached hydrogen (secondary N) is 3. The van der Waals surface area contributed by atoms with E-state index in [-0.39, 0.29) is 35.1 Å². The Bertz CT molecular complexity index is 2720. The Hall–Kier alpha value is -6.51. The molecule has 4 atom stereocenters. The third-order valence-electron chi connectivity index (χ3n) is 13.0. The molecule has 15 heteroatoms. The quantitative estimate of drug-likeness (QED) is 0.0991. The molecule has 0 radical (unpaired) electrons.